The summed E-state index contributed by atoms with van der Waals surface area (Å²) in [5, 5.41) is 9.73. The molecule has 88 valence electrons. The zero-order chi connectivity index (χ0) is 11.3. The monoisotopic (exact) mass is 215 g/mol. The van der Waals surface area contributed by atoms with Gasteiger partial charge in [0.2, 0.25) is 5.91 Å². The van der Waals surface area contributed by atoms with Crippen molar-refractivity contribution in [3.63, 3.8) is 0 Å². The summed E-state index contributed by atoms with van der Waals surface area (Å²) < 4.78 is 5.14. The number of hydrogen-bond donors (Lipinski definition) is 1. The number of nitrogens with zero attached hydrogens (tertiary/aromatic N) is 1. The Bertz CT molecular complexity index is 206. The lowest BCUT2D eigenvalue weighted by Gasteiger charge is -2.35. The Morgan fingerprint density at radius 2 is 2.07 bits per heavy atom. The van der Waals surface area contributed by atoms with Gasteiger partial charge < -0.3 is 14.7 Å². The first kappa shape index (κ1) is 12.5. The molecule has 1 heterocycles. The van der Waals surface area contributed by atoms with Gasteiger partial charge in [0.15, 0.2) is 0 Å². The Hall–Kier alpha value is -0.610. The number of aliphatic hydroxyl groups is 1. The molecule has 1 aliphatic heterocycles. The molecule has 4 heteroatoms. The Labute approximate surface area is 91.2 Å². The number of likely N-dealkylation sites (tertiary alicyclic amines) is 1. The van der Waals surface area contributed by atoms with Gasteiger partial charge in [-0.25, -0.2) is 0 Å². The van der Waals surface area contributed by atoms with Crippen molar-refractivity contribution in [1.82, 2.24) is 4.90 Å². The van der Waals surface area contributed by atoms with Gasteiger partial charge in [-0.15, -0.1) is 0 Å². The molecule has 1 saturated heterocycles. The zero-order valence-corrected chi connectivity index (χ0v) is 9.66. The third-order valence-corrected chi connectivity index (χ3v) is 2.86. The summed E-state index contributed by atoms with van der Waals surface area (Å²) >= 11 is 0. The summed E-state index contributed by atoms with van der Waals surface area (Å²) in [5.41, 5.74) is -0.587. The number of carbonyl (C=O) groups excluding carboxylic acids is 1. The van der Waals surface area contributed by atoms with Crippen molar-refractivity contribution in [3.05, 3.63) is 0 Å². The number of ether oxygens (including phenoxy) is 1. The lowest BCUT2D eigenvalue weighted by atomic mass is 9.94. The molecule has 1 aliphatic rings. The zero-order valence-electron chi connectivity index (χ0n) is 9.66. The molecule has 1 rings (SSSR count). The summed E-state index contributed by atoms with van der Waals surface area (Å²) in [6.45, 7) is 6.23. The van der Waals surface area contributed by atoms with Crippen LogP contribution in [0.25, 0.3) is 0 Å². The van der Waals surface area contributed by atoms with E-state index >= 15 is 0 Å². The summed E-state index contributed by atoms with van der Waals surface area (Å²) in [4.78, 5) is 13.5. The van der Waals surface area contributed by atoms with Crippen LogP contribution in [0.15, 0.2) is 0 Å². The van der Waals surface area contributed by atoms with Gasteiger partial charge in [-0.1, -0.05) is 0 Å². The molecular formula is C11H21NO3. The molecule has 0 unspecified atom stereocenters. The van der Waals surface area contributed by atoms with Crippen molar-refractivity contribution in [2.24, 2.45) is 0 Å². The molecule has 0 aromatic carbocycles. The molecule has 1 amide bonds. The highest BCUT2D eigenvalue weighted by molar-refractivity contribution is 5.76. The van der Waals surface area contributed by atoms with Gasteiger partial charge >= 0.3 is 0 Å². The number of carbonyl (C=O) groups is 1. The summed E-state index contributed by atoms with van der Waals surface area (Å²) in [5.74, 6) is 0.138. The van der Waals surface area contributed by atoms with Crippen LogP contribution in [0.4, 0.5) is 0 Å². The molecule has 1 fully saturated rings. The lowest BCUT2D eigenvalue weighted by Crippen LogP contribution is -2.45. The van der Waals surface area contributed by atoms with Crippen LogP contribution in [0.5, 0.6) is 0 Å². The predicted molar refractivity (Wildman–Crippen MR) is 57.5 cm³/mol. The van der Waals surface area contributed by atoms with E-state index in [9.17, 15) is 9.90 Å². The van der Waals surface area contributed by atoms with Crippen molar-refractivity contribution in [1.29, 1.82) is 0 Å². The van der Waals surface area contributed by atoms with Gasteiger partial charge in [0.05, 0.1) is 18.6 Å². The van der Waals surface area contributed by atoms with E-state index in [0.717, 1.165) is 0 Å². The summed E-state index contributed by atoms with van der Waals surface area (Å²) in [6.07, 6.45) is 1.80. The molecule has 0 aromatic heterocycles. The average Bonchev–Trinajstić information content (AvgIpc) is 2.18. The van der Waals surface area contributed by atoms with Crippen LogP contribution in [0.2, 0.25) is 0 Å². The Balaban J connectivity index is 2.24. The summed E-state index contributed by atoms with van der Waals surface area (Å²) in [7, 11) is 0. The second kappa shape index (κ2) is 5.47. The fraction of sp³-hybridized carbons (Fsp3) is 0.909. The smallest absolute Gasteiger partial charge is 0.224 e. The molecule has 0 aliphatic carbocycles. The highest BCUT2D eigenvalue weighted by Crippen LogP contribution is 2.21. The van der Waals surface area contributed by atoms with Crippen LogP contribution < -0.4 is 0 Å². The van der Waals surface area contributed by atoms with E-state index in [4.69, 9.17) is 4.74 Å². The normalized spacial score (nSPS) is 20.3. The fourth-order valence-electron chi connectivity index (χ4n) is 1.70. The number of amides is 1. The number of hydrogen-bond acceptors (Lipinski definition) is 3. The minimum Gasteiger partial charge on any atom is -0.390 e. The lowest BCUT2D eigenvalue weighted by molar-refractivity contribution is -0.136. The Morgan fingerprint density at radius 3 is 2.60 bits per heavy atom. The van der Waals surface area contributed by atoms with Crippen LogP contribution in [0.1, 0.15) is 33.1 Å². The molecule has 0 aromatic rings. The van der Waals surface area contributed by atoms with E-state index < -0.39 is 5.60 Å². The van der Waals surface area contributed by atoms with Gasteiger partial charge in [-0.3, -0.25) is 4.79 Å². The molecule has 4 nitrogen and oxygen atoms in total. The molecule has 0 spiro atoms. The van der Waals surface area contributed by atoms with E-state index in [1.807, 2.05) is 18.7 Å². The highest BCUT2D eigenvalue weighted by Gasteiger charge is 2.29. The topological polar surface area (TPSA) is 49.8 Å². The predicted octanol–water partition coefficient (Wildman–Crippen LogP) is 0.786. The highest BCUT2D eigenvalue weighted by atomic mass is 16.5. The van der Waals surface area contributed by atoms with Crippen molar-refractivity contribution in [2.75, 3.05) is 26.3 Å². The van der Waals surface area contributed by atoms with Crippen LogP contribution in [-0.2, 0) is 9.53 Å². The van der Waals surface area contributed by atoms with E-state index in [2.05, 4.69) is 0 Å². The van der Waals surface area contributed by atoms with Crippen LogP contribution in [0, 0.1) is 0 Å². The van der Waals surface area contributed by atoms with Gasteiger partial charge in [-0.2, -0.15) is 0 Å². The van der Waals surface area contributed by atoms with Gasteiger partial charge in [0, 0.05) is 19.7 Å². The second-order valence-electron chi connectivity index (χ2n) is 4.32. The second-order valence-corrected chi connectivity index (χ2v) is 4.32. The van der Waals surface area contributed by atoms with Gasteiger partial charge in [0.1, 0.15) is 0 Å². The first-order chi connectivity index (χ1) is 7.05. The third-order valence-electron chi connectivity index (χ3n) is 2.86. The van der Waals surface area contributed by atoms with E-state index in [1.165, 1.54) is 0 Å². The molecule has 0 radical (unpaired) electrons. The SMILES string of the molecule is CCOCCC(=O)N1CCC(C)(O)CC1. The van der Waals surface area contributed by atoms with Crippen LogP contribution in [-0.4, -0.2) is 47.8 Å². The molecular weight excluding hydrogens is 194 g/mol. The quantitative estimate of drug-likeness (QED) is 0.705. The van der Waals surface area contributed by atoms with Crippen molar-refractivity contribution in [3.8, 4) is 0 Å². The molecule has 15 heavy (non-hydrogen) atoms. The maximum Gasteiger partial charge on any atom is 0.224 e. The van der Waals surface area contributed by atoms with E-state index in [-0.39, 0.29) is 5.91 Å². The third kappa shape index (κ3) is 4.18. The number of piperidine rings is 1. The minimum atomic E-state index is -0.587. The van der Waals surface area contributed by atoms with Gasteiger partial charge in [-0.05, 0) is 26.7 Å². The first-order valence-electron chi connectivity index (χ1n) is 5.63. The summed E-state index contributed by atoms with van der Waals surface area (Å²) in [6, 6.07) is 0. The maximum absolute atomic E-state index is 11.6. The largest absolute Gasteiger partial charge is 0.390 e. The molecule has 0 bridgehead atoms. The Kier molecular flexibility index (Phi) is 4.54. The van der Waals surface area contributed by atoms with Crippen molar-refractivity contribution >= 4 is 5.91 Å². The first-order valence-corrected chi connectivity index (χ1v) is 5.63. The average molecular weight is 215 g/mol. The standard InChI is InChI=1S/C11H21NO3/c1-3-15-9-4-10(13)12-7-5-11(2,14)6-8-12/h14H,3-9H2,1-2H3. The van der Waals surface area contributed by atoms with Crippen LogP contribution in [0.3, 0.4) is 0 Å². The number of rotatable bonds is 4. The van der Waals surface area contributed by atoms with E-state index in [0.29, 0.717) is 45.6 Å². The van der Waals surface area contributed by atoms with Crippen molar-refractivity contribution < 1.29 is 14.6 Å². The molecule has 1 N–H and O–H groups in total. The van der Waals surface area contributed by atoms with Crippen molar-refractivity contribution in [2.45, 2.75) is 38.7 Å². The molecule has 0 atom stereocenters. The minimum absolute atomic E-state index is 0.138. The fourth-order valence-corrected chi connectivity index (χ4v) is 1.70. The van der Waals surface area contributed by atoms with Crippen LogP contribution >= 0.6 is 0 Å². The molecule has 0 saturated carbocycles. The Morgan fingerprint density at radius 1 is 1.47 bits per heavy atom. The maximum atomic E-state index is 11.6. The van der Waals surface area contributed by atoms with E-state index in [1.54, 1.807) is 0 Å². The van der Waals surface area contributed by atoms with Gasteiger partial charge in [0.25, 0.3) is 0 Å².